The molecular weight excluding hydrogens is 587 g/mol. The SMILES string of the molecule is c1ccc(-c2nc(-n3c4cc(-c5ccc6c7ccccc7n(-c7ccccc7)c6c5)ccc4c4cccnc43)nc3ccccc23)cc1. The molecule has 10 aromatic rings. The summed E-state index contributed by atoms with van der Waals surface area (Å²) in [6.07, 6.45) is 1.84. The maximum atomic E-state index is 5.24. The van der Waals surface area contributed by atoms with Crippen LogP contribution < -0.4 is 0 Å². The van der Waals surface area contributed by atoms with Crippen LogP contribution >= 0.6 is 0 Å². The van der Waals surface area contributed by atoms with Crippen LogP contribution in [0.25, 0.3) is 88.7 Å². The van der Waals surface area contributed by atoms with Crippen LogP contribution in [0.3, 0.4) is 0 Å². The van der Waals surface area contributed by atoms with E-state index in [0.717, 1.165) is 60.9 Å². The smallest absolute Gasteiger partial charge is 0.237 e. The minimum atomic E-state index is 0.600. The van der Waals surface area contributed by atoms with E-state index in [1.54, 1.807) is 0 Å². The zero-order chi connectivity index (χ0) is 31.6. The third-order valence-corrected chi connectivity index (χ3v) is 9.39. The highest BCUT2D eigenvalue weighted by Gasteiger charge is 2.19. The summed E-state index contributed by atoms with van der Waals surface area (Å²) in [6, 6.07) is 55.4. The Balaban J connectivity index is 1.23. The molecular formula is C43H27N5. The van der Waals surface area contributed by atoms with Gasteiger partial charge in [0.15, 0.2) is 0 Å². The molecule has 0 aliphatic carbocycles. The van der Waals surface area contributed by atoms with Crippen LogP contribution in [0.4, 0.5) is 0 Å². The lowest BCUT2D eigenvalue weighted by atomic mass is 10.0. The molecule has 0 N–H and O–H groups in total. The van der Waals surface area contributed by atoms with Crippen LogP contribution in [0.2, 0.25) is 0 Å². The van der Waals surface area contributed by atoms with Gasteiger partial charge in [-0.1, -0.05) is 109 Å². The Hall–Kier alpha value is -6.59. The fourth-order valence-corrected chi connectivity index (χ4v) is 7.21. The van der Waals surface area contributed by atoms with Crippen molar-refractivity contribution in [2.24, 2.45) is 0 Å². The number of hydrogen-bond acceptors (Lipinski definition) is 3. The zero-order valence-electron chi connectivity index (χ0n) is 25.8. The molecule has 0 unspecified atom stereocenters. The van der Waals surface area contributed by atoms with Gasteiger partial charge in [-0.2, -0.15) is 0 Å². The standard InChI is InChI=1S/C43H27N5/c1-3-12-28(13-4-1)41-36-17-7-9-19-37(36)45-43(46-41)48-40-27-30(22-24-34(40)35-18-11-25-44-42(35)48)29-21-23-33-32-16-8-10-20-38(32)47(39(33)26-29)31-14-5-2-6-15-31/h1-27H. The first-order valence-corrected chi connectivity index (χ1v) is 16.1. The van der Waals surface area contributed by atoms with E-state index in [1.807, 2.05) is 42.6 Å². The van der Waals surface area contributed by atoms with Gasteiger partial charge < -0.3 is 4.57 Å². The number of aromatic nitrogens is 5. The number of fused-ring (bicyclic) bond motifs is 7. The minimum absolute atomic E-state index is 0.600. The molecule has 4 aromatic heterocycles. The lowest BCUT2D eigenvalue weighted by Gasteiger charge is -2.12. The predicted molar refractivity (Wildman–Crippen MR) is 197 cm³/mol. The first-order chi connectivity index (χ1) is 23.8. The third kappa shape index (κ3) is 4.01. The summed E-state index contributed by atoms with van der Waals surface area (Å²) >= 11 is 0. The van der Waals surface area contributed by atoms with Crippen molar-refractivity contribution in [3.63, 3.8) is 0 Å². The molecule has 6 aromatic carbocycles. The topological polar surface area (TPSA) is 48.5 Å². The lowest BCUT2D eigenvalue weighted by molar-refractivity contribution is 0.998. The van der Waals surface area contributed by atoms with Gasteiger partial charge in [-0.15, -0.1) is 0 Å². The molecule has 224 valence electrons. The van der Waals surface area contributed by atoms with E-state index in [-0.39, 0.29) is 0 Å². The van der Waals surface area contributed by atoms with Crippen LogP contribution in [0, 0.1) is 0 Å². The lowest BCUT2D eigenvalue weighted by Crippen LogP contribution is -2.04. The minimum Gasteiger partial charge on any atom is -0.309 e. The highest BCUT2D eigenvalue weighted by atomic mass is 15.2. The van der Waals surface area contributed by atoms with Crippen molar-refractivity contribution in [3.05, 3.63) is 164 Å². The van der Waals surface area contributed by atoms with E-state index in [0.29, 0.717) is 5.95 Å². The van der Waals surface area contributed by atoms with Crippen LogP contribution in [0.5, 0.6) is 0 Å². The van der Waals surface area contributed by atoms with Gasteiger partial charge in [-0.25, -0.2) is 15.0 Å². The third-order valence-electron chi connectivity index (χ3n) is 9.39. The van der Waals surface area contributed by atoms with Crippen LogP contribution in [-0.2, 0) is 0 Å². The second-order valence-electron chi connectivity index (χ2n) is 12.1. The van der Waals surface area contributed by atoms with Gasteiger partial charge in [0.1, 0.15) is 5.65 Å². The summed E-state index contributed by atoms with van der Waals surface area (Å²) in [7, 11) is 0. The van der Waals surface area contributed by atoms with Gasteiger partial charge >= 0.3 is 0 Å². The fraction of sp³-hybridized carbons (Fsp3) is 0. The number of nitrogens with zero attached hydrogens (tertiary/aromatic N) is 5. The van der Waals surface area contributed by atoms with E-state index in [9.17, 15) is 0 Å². The van der Waals surface area contributed by atoms with Gasteiger partial charge in [0.2, 0.25) is 5.95 Å². The van der Waals surface area contributed by atoms with Crippen molar-refractivity contribution in [2.45, 2.75) is 0 Å². The van der Waals surface area contributed by atoms with Crippen molar-refractivity contribution >= 4 is 54.6 Å². The second-order valence-corrected chi connectivity index (χ2v) is 12.1. The number of hydrogen-bond donors (Lipinski definition) is 0. The Morgan fingerprint density at radius 1 is 0.396 bits per heavy atom. The molecule has 0 spiro atoms. The average Bonchev–Trinajstić information content (AvgIpc) is 3.67. The highest BCUT2D eigenvalue weighted by molar-refractivity contribution is 6.11. The summed E-state index contributed by atoms with van der Waals surface area (Å²) < 4.78 is 4.48. The molecule has 0 saturated carbocycles. The van der Waals surface area contributed by atoms with Crippen molar-refractivity contribution in [1.29, 1.82) is 0 Å². The molecule has 4 heterocycles. The van der Waals surface area contributed by atoms with E-state index >= 15 is 0 Å². The maximum absolute atomic E-state index is 5.24. The Labute approximate surface area is 276 Å². The van der Waals surface area contributed by atoms with Crippen molar-refractivity contribution in [3.8, 4) is 34.0 Å². The fourth-order valence-electron chi connectivity index (χ4n) is 7.21. The van der Waals surface area contributed by atoms with Crippen molar-refractivity contribution in [2.75, 3.05) is 0 Å². The molecule has 0 radical (unpaired) electrons. The monoisotopic (exact) mass is 613 g/mol. The Bertz CT molecular complexity index is 2830. The molecule has 0 fully saturated rings. The maximum Gasteiger partial charge on any atom is 0.237 e. The molecule has 0 saturated heterocycles. The van der Waals surface area contributed by atoms with Crippen LogP contribution in [-0.4, -0.2) is 24.1 Å². The molecule has 0 amide bonds. The Morgan fingerprint density at radius 3 is 1.79 bits per heavy atom. The highest BCUT2D eigenvalue weighted by Crippen LogP contribution is 2.38. The van der Waals surface area contributed by atoms with Crippen molar-refractivity contribution in [1.82, 2.24) is 24.1 Å². The van der Waals surface area contributed by atoms with Gasteiger partial charge in [0.25, 0.3) is 0 Å². The summed E-state index contributed by atoms with van der Waals surface area (Å²) in [5, 5.41) is 5.67. The summed E-state index contributed by atoms with van der Waals surface area (Å²) in [5.41, 5.74) is 10.4. The zero-order valence-corrected chi connectivity index (χ0v) is 25.8. The van der Waals surface area contributed by atoms with E-state index in [4.69, 9.17) is 15.0 Å². The van der Waals surface area contributed by atoms with E-state index < -0.39 is 0 Å². The van der Waals surface area contributed by atoms with Gasteiger partial charge in [-0.05, 0) is 59.7 Å². The molecule has 0 bridgehead atoms. The normalized spacial score (nSPS) is 11.8. The van der Waals surface area contributed by atoms with Gasteiger partial charge in [0.05, 0.1) is 27.8 Å². The molecule has 0 aliphatic heterocycles. The molecule has 48 heavy (non-hydrogen) atoms. The Morgan fingerprint density at radius 2 is 1.00 bits per heavy atom. The quantitative estimate of drug-likeness (QED) is 0.198. The number of rotatable bonds is 4. The predicted octanol–water partition coefficient (Wildman–Crippen LogP) is 10.6. The summed E-state index contributed by atoms with van der Waals surface area (Å²) in [6.45, 7) is 0. The Kier molecular flexibility index (Phi) is 5.81. The molecule has 5 nitrogen and oxygen atoms in total. The van der Waals surface area contributed by atoms with Crippen molar-refractivity contribution < 1.29 is 0 Å². The summed E-state index contributed by atoms with van der Waals surface area (Å²) in [5.74, 6) is 0.600. The number of benzene rings is 6. The van der Waals surface area contributed by atoms with E-state index in [2.05, 4.69) is 130 Å². The second kappa shape index (κ2) is 10.5. The van der Waals surface area contributed by atoms with Crippen LogP contribution in [0.1, 0.15) is 0 Å². The molecule has 5 heteroatoms. The largest absolute Gasteiger partial charge is 0.309 e. The van der Waals surface area contributed by atoms with Crippen LogP contribution in [0.15, 0.2) is 164 Å². The van der Waals surface area contributed by atoms with E-state index in [1.165, 1.54) is 21.8 Å². The first kappa shape index (κ1) is 26.6. The summed E-state index contributed by atoms with van der Waals surface area (Å²) in [4.78, 5) is 15.2. The molecule has 10 rings (SSSR count). The first-order valence-electron chi connectivity index (χ1n) is 16.1. The molecule has 0 atom stereocenters. The number of pyridine rings is 1. The molecule has 0 aliphatic rings. The van der Waals surface area contributed by atoms with Gasteiger partial charge in [-0.3, -0.25) is 4.57 Å². The number of para-hydroxylation sites is 3. The van der Waals surface area contributed by atoms with Gasteiger partial charge in [0, 0.05) is 44.4 Å². The average molecular weight is 614 g/mol.